The van der Waals surface area contributed by atoms with E-state index in [0.29, 0.717) is 29.9 Å². The molecule has 25 heavy (non-hydrogen) atoms. The quantitative estimate of drug-likeness (QED) is 0.819. The van der Waals surface area contributed by atoms with Crippen molar-refractivity contribution in [2.45, 2.75) is 6.92 Å². The monoisotopic (exact) mass is 340 g/mol. The number of amides is 2. The SMILES string of the molecule is COC(=O)c1ccc(N(CCNC(=O)c2ccccc2)C(C)=O)cc1. The molecule has 0 bridgehead atoms. The molecule has 0 fully saturated rings. The zero-order chi connectivity index (χ0) is 18.2. The number of anilines is 1. The number of methoxy groups -OCH3 is 1. The van der Waals surface area contributed by atoms with Crippen LogP contribution < -0.4 is 10.2 Å². The van der Waals surface area contributed by atoms with Crippen LogP contribution in [0.15, 0.2) is 54.6 Å². The molecular weight excluding hydrogens is 320 g/mol. The first-order valence-electron chi connectivity index (χ1n) is 7.82. The standard InChI is InChI=1S/C19H20N2O4/c1-14(22)21(17-10-8-16(9-11-17)19(24)25-2)13-12-20-18(23)15-6-4-3-5-7-15/h3-11H,12-13H2,1-2H3,(H,20,23). The van der Waals surface area contributed by atoms with Crippen LogP contribution in [0.4, 0.5) is 5.69 Å². The first kappa shape index (κ1) is 18.2. The molecular formula is C19H20N2O4. The molecule has 0 spiro atoms. The van der Waals surface area contributed by atoms with Gasteiger partial charge in [-0.05, 0) is 36.4 Å². The Balaban J connectivity index is 1.98. The van der Waals surface area contributed by atoms with Gasteiger partial charge in [0.1, 0.15) is 0 Å². The first-order chi connectivity index (χ1) is 12.0. The molecule has 0 aliphatic rings. The van der Waals surface area contributed by atoms with Crippen molar-refractivity contribution in [2.75, 3.05) is 25.1 Å². The minimum absolute atomic E-state index is 0.153. The van der Waals surface area contributed by atoms with Crippen LogP contribution in [0, 0.1) is 0 Å². The van der Waals surface area contributed by atoms with Crippen molar-refractivity contribution in [1.29, 1.82) is 0 Å². The van der Waals surface area contributed by atoms with Crippen LogP contribution in [-0.4, -0.2) is 38.0 Å². The fourth-order valence-corrected chi connectivity index (χ4v) is 2.34. The zero-order valence-electron chi connectivity index (χ0n) is 14.2. The molecule has 6 nitrogen and oxygen atoms in total. The zero-order valence-corrected chi connectivity index (χ0v) is 14.2. The van der Waals surface area contributed by atoms with Gasteiger partial charge in [0, 0.05) is 31.3 Å². The summed E-state index contributed by atoms with van der Waals surface area (Å²) in [5.74, 6) is -0.777. The normalized spacial score (nSPS) is 10.0. The number of esters is 1. The lowest BCUT2D eigenvalue weighted by atomic mass is 10.2. The summed E-state index contributed by atoms with van der Waals surface area (Å²) in [5.41, 5.74) is 1.63. The van der Waals surface area contributed by atoms with Gasteiger partial charge in [-0.2, -0.15) is 0 Å². The lowest BCUT2D eigenvalue weighted by Crippen LogP contribution is -2.37. The van der Waals surface area contributed by atoms with Gasteiger partial charge in [-0.1, -0.05) is 18.2 Å². The Labute approximate surface area is 146 Å². The second-order valence-corrected chi connectivity index (χ2v) is 5.33. The van der Waals surface area contributed by atoms with Gasteiger partial charge >= 0.3 is 5.97 Å². The smallest absolute Gasteiger partial charge is 0.337 e. The fourth-order valence-electron chi connectivity index (χ4n) is 2.34. The third kappa shape index (κ3) is 4.91. The predicted molar refractivity (Wildman–Crippen MR) is 94.6 cm³/mol. The number of rotatable bonds is 6. The predicted octanol–water partition coefficient (Wildman–Crippen LogP) is 2.26. The van der Waals surface area contributed by atoms with Crippen molar-refractivity contribution in [3.63, 3.8) is 0 Å². The summed E-state index contributed by atoms with van der Waals surface area (Å²) < 4.78 is 4.65. The Hall–Kier alpha value is -3.15. The van der Waals surface area contributed by atoms with E-state index in [2.05, 4.69) is 10.1 Å². The highest BCUT2D eigenvalue weighted by Crippen LogP contribution is 2.16. The van der Waals surface area contributed by atoms with E-state index < -0.39 is 5.97 Å². The molecule has 0 saturated heterocycles. The maximum Gasteiger partial charge on any atom is 0.337 e. The third-order valence-electron chi connectivity index (χ3n) is 3.64. The highest BCUT2D eigenvalue weighted by Gasteiger charge is 2.13. The second-order valence-electron chi connectivity index (χ2n) is 5.33. The molecule has 0 aliphatic heterocycles. The minimum Gasteiger partial charge on any atom is -0.465 e. The summed E-state index contributed by atoms with van der Waals surface area (Å²) in [6, 6.07) is 15.4. The summed E-state index contributed by atoms with van der Waals surface area (Å²) in [4.78, 5) is 36.9. The molecule has 2 aromatic carbocycles. The highest BCUT2D eigenvalue weighted by atomic mass is 16.5. The molecule has 6 heteroatoms. The number of hydrogen-bond acceptors (Lipinski definition) is 4. The van der Waals surface area contributed by atoms with E-state index in [1.54, 1.807) is 48.5 Å². The van der Waals surface area contributed by atoms with Crippen molar-refractivity contribution in [3.05, 3.63) is 65.7 Å². The number of carbonyl (C=O) groups is 3. The lowest BCUT2D eigenvalue weighted by molar-refractivity contribution is -0.116. The van der Waals surface area contributed by atoms with Gasteiger partial charge in [-0.3, -0.25) is 9.59 Å². The topological polar surface area (TPSA) is 75.7 Å². The number of nitrogens with zero attached hydrogens (tertiary/aromatic N) is 1. The van der Waals surface area contributed by atoms with Crippen molar-refractivity contribution >= 4 is 23.5 Å². The molecule has 0 saturated carbocycles. The van der Waals surface area contributed by atoms with Gasteiger partial charge in [0.15, 0.2) is 0 Å². The molecule has 0 atom stereocenters. The largest absolute Gasteiger partial charge is 0.465 e. The van der Waals surface area contributed by atoms with Crippen LogP contribution in [0.3, 0.4) is 0 Å². The molecule has 2 aromatic rings. The van der Waals surface area contributed by atoms with Gasteiger partial charge in [-0.25, -0.2) is 4.79 Å². The van der Waals surface area contributed by atoms with Crippen molar-refractivity contribution in [3.8, 4) is 0 Å². The van der Waals surface area contributed by atoms with Gasteiger partial charge in [0.05, 0.1) is 12.7 Å². The average molecular weight is 340 g/mol. The summed E-state index contributed by atoms with van der Waals surface area (Å²) in [6.07, 6.45) is 0. The van der Waals surface area contributed by atoms with E-state index in [9.17, 15) is 14.4 Å². The van der Waals surface area contributed by atoms with Gasteiger partial charge < -0.3 is 15.0 Å². The number of benzene rings is 2. The van der Waals surface area contributed by atoms with Crippen LogP contribution in [0.5, 0.6) is 0 Å². The molecule has 2 amide bonds. The Morgan fingerprint density at radius 1 is 0.960 bits per heavy atom. The highest BCUT2D eigenvalue weighted by molar-refractivity contribution is 5.95. The number of ether oxygens (including phenoxy) is 1. The van der Waals surface area contributed by atoms with E-state index in [4.69, 9.17) is 0 Å². The molecule has 0 aromatic heterocycles. The summed E-state index contributed by atoms with van der Waals surface area (Å²) in [6.45, 7) is 2.09. The molecule has 0 aliphatic carbocycles. The summed E-state index contributed by atoms with van der Waals surface area (Å²) in [5, 5.41) is 2.79. The third-order valence-corrected chi connectivity index (χ3v) is 3.64. The van der Waals surface area contributed by atoms with E-state index in [1.807, 2.05) is 6.07 Å². The second kappa shape index (κ2) is 8.63. The van der Waals surface area contributed by atoms with Crippen LogP contribution in [0.1, 0.15) is 27.6 Å². The summed E-state index contributed by atoms with van der Waals surface area (Å²) >= 11 is 0. The molecule has 130 valence electrons. The molecule has 0 radical (unpaired) electrons. The Bertz CT molecular complexity index is 742. The van der Waals surface area contributed by atoms with Gasteiger partial charge in [0.2, 0.25) is 5.91 Å². The van der Waals surface area contributed by atoms with Crippen molar-refractivity contribution in [1.82, 2.24) is 5.32 Å². The van der Waals surface area contributed by atoms with E-state index in [1.165, 1.54) is 18.9 Å². The van der Waals surface area contributed by atoms with E-state index in [0.717, 1.165) is 0 Å². The number of nitrogens with one attached hydrogen (secondary N) is 1. The minimum atomic E-state index is -0.434. The van der Waals surface area contributed by atoms with Crippen molar-refractivity contribution in [2.24, 2.45) is 0 Å². The Kier molecular flexibility index (Phi) is 6.28. The maximum absolute atomic E-state index is 12.0. The maximum atomic E-state index is 12.0. The first-order valence-corrected chi connectivity index (χ1v) is 7.82. The fraction of sp³-hybridized carbons (Fsp3) is 0.211. The van der Waals surface area contributed by atoms with E-state index >= 15 is 0 Å². The van der Waals surface area contributed by atoms with Crippen molar-refractivity contribution < 1.29 is 19.1 Å². The van der Waals surface area contributed by atoms with E-state index in [-0.39, 0.29) is 11.8 Å². The van der Waals surface area contributed by atoms with Crippen LogP contribution >= 0.6 is 0 Å². The van der Waals surface area contributed by atoms with Gasteiger partial charge in [-0.15, -0.1) is 0 Å². The van der Waals surface area contributed by atoms with Gasteiger partial charge in [0.25, 0.3) is 5.91 Å². The Morgan fingerprint density at radius 3 is 2.16 bits per heavy atom. The van der Waals surface area contributed by atoms with Crippen LogP contribution in [0.2, 0.25) is 0 Å². The molecule has 2 rings (SSSR count). The average Bonchev–Trinajstić information content (AvgIpc) is 2.65. The van der Waals surface area contributed by atoms with Crippen LogP contribution in [0.25, 0.3) is 0 Å². The molecule has 1 N–H and O–H groups in total. The Morgan fingerprint density at radius 2 is 1.60 bits per heavy atom. The van der Waals surface area contributed by atoms with Crippen LogP contribution in [-0.2, 0) is 9.53 Å². The molecule has 0 unspecified atom stereocenters. The lowest BCUT2D eigenvalue weighted by Gasteiger charge is -2.21. The molecule has 0 heterocycles. The number of hydrogen-bond donors (Lipinski definition) is 1. The number of carbonyl (C=O) groups excluding carboxylic acids is 3. The summed E-state index contributed by atoms with van der Waals surface area (Å²) in [7, 11) is 1.31.